The maximum Gasteiger partial charge on any atom is 0.251 e. The highest BCUT2D eigenvalue weighted by Crippen LogP contribution is 2.44. The van der Waals surface area contributed by atoms with E-state index in [9.17, 15) is 14.9 Å². The van der Waals surface area contributed by atoms with E-state index in [-0.39, 0.29) is 34.9 Å². The molecule has 41 heavy (non-hydrogen) atoms. The Kier molecular flexibility index (Phi) is 9.72. The van der Waals surface area contributed by atoms with Gasteiger partial charge in [0.25, 0.3) is 5.91 Å². The van der Waals surface area contributed by atoms with E-state index in [1.165, 1.54) is 28.0 Å². The van der Waals surface area contributed by atoms with Crippen LogP contribution in [0.25, 0.3) is 0 Å². The fourth-order valence-corrected chi connectivity index (χ4v) is 7.15. The Morgan fingerprint density at radius 1 is 1.27 bits per heavy atom. The van der Waals surface area contributed by atoms with Crippen LogP contribution in [0.5, 0.6) is 0 Å². The van der Waals surface area contributed by atoms with E-state index in [0.29, 0.717) is 39.6 Å². The highest BCUT2D eigenvalue weighted by molar-refractivity contribution is 7.99. The first-order valence-corrected chi connectivity index (χ1v) is 15.7. The van der Waals surface area contributed by atoms with Crippen molar-refractivity contribution in [1.82, 2.24) is 20.1 Å². The number of nitrogens with zero attached hydrogens (tertiary/aromatic N) is 4. The number of nitrogens with one attached hydrogen (secondary N) is 2. The van der Waals surface area contributed by atoms with E-state index in [1.807, 2.05) is 36.6 Å². The number of allylic oxidation sites excluding steroid dienone is 1. The summed E-state index contributed by atoms with van der Waals surface area (Å²) in [7, 11) is 0. The maximum atomic E-state index is 13.0. The zero-order valence-corrected chi connectivity index (χ0v) is 26.0. The lowest BCUT2D eigenvalue weighted by molar-refractivity contribution is -0.113. The third-order valence-corrected chi connectivity index (χ3v) is 9.65. The van der Waals surface area contributed by atoms with Gasteiger partial charge < -0.3 is 15.2 Å². The van der Waals surface area contributed by atoms with Crippen LogP contribution in [0, 0.1) is 28.6 Å². The molecular formula is C31H38N6O2S2. The third-order valence-electron chi connectivity index (χ3n) is 7.51. The second-order valence-corrected chi connectivity index (χ2v) is 13.8. The van der Waals surface area contributed by atoms with Crippen molar-refractivity contribution >= 4 is 39.9 Å². The topological polar surface area (TPSA) is 113 Å². The Morgan fingerprint density at radius 3 is 2.63 bits per heavy atom. The predicted molar refractivity (Wildman–Crippen MR) is 165 cm³/mol. The molecule has 0 unspecified atom stereocenters. The number of carbonyl (C=O) groups is 2. The van der Waals surface area contributed by atoms with Gasteiger partial charge >= 0.3 is 0 Å². The predicted octanol–water partition coefficient (Wildman–Crippen LogP) is 6.41. The Bertz CT molecular complexity index is 1450. The van der Waals surface area contributed by atoms with Crippen molar-refractivity contribution in [3.63, 3.8) is 0 Å². The Morgan fingerprint density at radius 2 is 2.00 bits per heavy atom. The van der Waals surface area contributed by atoms with Crippen LogP contribution >= 0.6 is 23.1 Å². The molecule has 0 saturated carbocycles. The number of fused-ring (bicyclic) bond motifs is 1. The van der Waals surface area contributed by atoms with Crippen molar-refractivity contribution in [2.45, 2.75) is 71.6 Å². The molecule has 2 atom stereocenters. The molecule has 0 aliphatic heterocycles. The maximum absolute atomic E-state index is 13.0. The molecule has 1 aromatic carbocycles. The molecule has 0 saturated heterocycles. The molecular weight excluding hydrogens is 553 g/mol. The van der Waals surface area contributed by atoms with E-state index >= 15 is 0 Å². The second kappa shape index (κ2) is 13.0. The SMILES string of the molecule is C=CCn1c(SCC(=O)Nc2sc3c(c2C#N)CC[C@@H](C(C)(C)C)C3)nnc1[C@H](NC(=O)c1ccccc1)C(C)C. The fraction of sp³-hybridized carbons (Fsp3) is 0.452. The summed E-state index contributed by atoms with van der Waals surface area (Å²) in [5.74, 6) is 0.922. The number of benzene rings is 1. The number of thioether (sulfide) groups is 1. The zero-order valence-electron chi connectivity index (χ0n) is 24.4. The largest absolute Gasteiger partial charge is 0.342 e. The lowest BCUT2D eigenvalue weighted by Gasteiger charge is -2.33. The summed E-state index contributed by atoms with van der Waals surface area (Å²) in [4.78, 5) is 27.2. The van der Waals surface area contributed by atoms with Crippen molar-refractivity contribution in [1.29, 1.82) is 5.26 Å². The van der Waals surface area contributed by atoms with Gasteiger partial charge in [-0.2, -0.15) is 5.26 Å². The van der Waals surface area contributed by atoms with Gasteiger partial charge in [0.05, 0.1) is 17.4 Å². The minimum atomic E-state index is -0.383. The molecule has 2 amide bonds. The normalized spacial score (nSPS) is 15.6. The summed E-state index contributed by atoms with van der Waals surface area (Å²) in [5.41, 5.74) is 2.46. The van der Waals surface area contributed by atoms with Crippen LogP contribution < -0.4 is 10.6 Å². The molecule has 0 fully saturated rings. The third kappa shape index (κ3) is 7.08. The zero-order chi connectivity index (χ0) is 29.7. The van der Waals surface area contributed by atoms with Crippen LogP contribution in [0.3, 0.4) is 0 Å². The van der Waals surface area contributed by atoms with Crippen LogP contribution in [0.4, 0.5) is 5.00 Å². The summed E-state index contributed by atoms with van der Waals surface area (Å²) < 4.78 is 1.89. The number of rotatable bonds is 10. The first-order valence-electron chi connectivity index (χ1n) is 13.9. The summed E-state index contributed by atoms with van der Waals surface area (Å²) in [5, 5.41) is 25.9. The van der Waals surface area contributed by atoms with Crippen molar-refractivity contribution in [2.75, 3.05) is 11.1 Å². The first-order chi connectivity index (χ1) is 19.5. The molecule has 216 valence electrons. The van der Waals surface area contributed by atoms with E-state index in [1.54, 1.807) is 18.2 Å². The Labute approximate surface area is 250 Å². The lowest BCUT2D eigenvalue weighted by Crippen LogP contribution is -2.33. The summed E-state index contributed by atoms with van der Waals surface area (Å²) in [6, 6.07) is 11.0. The average molecular weight is 591 g/mol. The molecule has 0 radical (unpaired) electrons. The summed E-state index contributed by atoms with van der Waals surface area (Å²) in [6.07, 6.45) is 4.60. The van der Waals surface area contributed by atoms with Gasteiger partial charge in [0.1, 0.15) is 11.1 Å². The average Bonchev–Trinajstić information content (AvgIpc) is 3.49. The molecule has 2 heterocycles. The molecule has 2 aromatic heterocycles. The van der Waals surface area contributed by atoms with E-state index in [0.717, 1.165) is 24.8 Å². The Hall–Kier alpha value is -3.42. The van der Waals surface area contributed by atoms with Crippen LogP contribution in [0.1, 0.15) is 79.3 Å². The second-order valence-electron chi connectivity index (χ2n) is 11.8. The highest BCUT2D eigenvalue weighted by Gasteiger charge is 2.32. The fourth-order valence-electron chi connectivity index (χ4n) is 5.11. The standard InChI is InChI=1S/C31H38N6O2S2/c1-7-15-37-27(26(19(2)3)34-28(39)20-11-9-8-10-12-20)35-36-30(37)40-18-25(38)33-29-23(17-32)22-14-13-21(31(4,5)6)16-24(22)41-29/h7-12,19,21,26H,1,13-16,18H2,2-6H3,(H,33,38)(H,34,39)/t21-,26-/m1/s1. The number of amides is 2. The van der Waals surface area contributed by atoms with Gasteiger partial charge in [0.15, 0.2) is 11.0 Å². The molecule has 4 rings (SSSR count). The minimum Gasteiger partial charge on any atom is -0.342 e. The monoisotopic (exact) mass is 590 g/mol. The van der Waals surface area contributed by atoms with Gasteiger partial charge in [0.2, 0.25) is 5.91 Å². The van der Waals surface area contributed by atoms with Gasteiger partial charge in [0, 0.05) is 17.0 Å². The molecule has 10 heteroatoms. The smallest absolute Gasteiger partial charge is 0.251 e. The van der Waals surface area contributed by atoms with Crippen LogP contribution in [0.15, 0.2) is 48.1 Å². The summed E-state index contributed by atoms with van der Waals surface area (Å²) in [6.45, 7) is 15.1. The lowest BCUT2D eigenvalue weighted by atomic mass is 9.72. The molecule has 2 N–H and O–H groups in total. The number of aromatic nitrogens is 3. The van der Waals surface area contributed by atoms with Crippen LogP contribution in [-0.4, -0.2) is 32.3 Å². The van der Waals surface area contributed by atoms with Crippen molar-refractivity contribution in [2.24, 2.45) is 17.3 Å². The van der Waals surface area contributed by atoms with Crippen molar-refractivity contribution in [3.8, 4) is 6.07 Å². The molecule has 0 bridgehead atoms. The highest BCUT2D eigenvalue weighted by atomic mass is 32.2. The molecule has 3 aromatic rings. The van der Waals surface area contributed by atoms with Gasteiger partial charge in [-0.05, 0) is 54.2 Å². The quantitative estimate of drug-likeness (QED) is 0.209. The number of hydrogen-bond donors (Lipinski definition) is 2. The van der Waals surface area contributed by atoms with Gasteiger partial charge in [-0.1, -0.05) is 70.7 Å². The molecule has 0 spiro atoms. The summed E-state index contributed by atoms with van der Waals surface area (Å²) >= 11 is 2.80. The van der Waals surface area contributed by atoms with E-state index < -0.39 is 0 Å². The van der Waals surface area contributed by atoms with E-state index in [4.69, 9.17) is 0 Å². The Balaban J connectivity index is 1.47. The van der Waals surface area contributed by atoms with Gasteiger partial charge in [-0.3, -0.25) is 9.59 Å². The first kappa shape index (κ1) is 30.5. The molecule has 1 aliphatic carbocycles. The van der Waals surface area contributed by atoms with Crippen LogP contribution in [-0.2, 0) is 24.2 Å². The number of thiophene rings is 1. The number of hydrogen-bond acceptors (Lipinski definition) is 7. The van der Waals surface area contributed by atoms with E-state index in [2.05, 4.69) is 54.3 Å². The number of nitriles is 1. The van der Waals surface area contributed by atoms with Crippen molar-refractivity contribution in [3.05, 3.63) is 70.4 Å². The van der Waals surface area contributed by atoms with Crippen LogP contribution in [0.2, 0.25) is 0 Å². The van der Waals surface area contributed by atoms with Crippen molar-refractivity contribution < 1.29 is 9.59 Å². The molecule has 1 aliphatic rings. The number of carbonyl (C=O) groups excluding carboxylic acids is 2. The van der Waals surface area contributed by atoms with Gasteiger partial charge in [-0.15, -0.1) is 28.1 Å². The molecule has 8 nitrogen and oxygen atoms in total. The van der Waals surface area contributed by atoms with Gasteiger partial charge in [-0.25, -0.2) is 0 Å². The number of anilines is 1. The minimum absolute atomic E-state index is 0.0451.